The van der Waals surface area contributed by atoms with E-state index in [0.717, 1.165) is 30.9 Å². The zero-order valence-electron chi connectivity index (χ0n) is 20.0. The third kappa shape index (κ3) is 6.79. The first kappa shape index (κ1) is 26.0. The number of benzene rings is 3. The minimum absolute atomic E-state index is 0.0782. The minimum atomic E-state index is -4.50. The van der Waals surface area contributed by atoms with Crippen LogP contribution in [0.15, 0.2) is 72.8 Å². The molecule has 1 saturated heterocycles. The highest BCUT2D eigenvalue weighted by atomic mass is 19.4. The highest BCUT2D eigenvalue weighted by Crippen LogP contribution is 2.32. The number of ether oxygens (including phenoxy) is 2. The number of halogens is 3. The maximum absolute atomic E-state index is 13.0. The number of carbonyl (C=O) groups excluding carboxylic acids is 2. The Morgan fingerprint density at radius 3 is 2.35 bits per heavy atom. The van der Waals surface area contributed by atoms with Crippen molar-refractivity contribution in [1.82, 2.24) is 0 Å². The summed E-state index contributed by atoms with van der Waals surface area (Å²) in [7, 11) is 0. The zero-order valence-corrected chi connectivity index (χ0v) is 20.0. The molecule has 4 rings (SSSR count). The van der Waals surface area contributed by atoms with Gasteiger partial charge < -0.3 is 25.0 Å². The second-order valence-corrected chi connectivity index (χ2v) is 8.43. The summed E-state index contributed by atoms with van der Waals surface area (Å²) in [5.74, 6) is -1.31. The maximum Gasteiger partial charge on any atom is 0.416 e. The molecule has 1 atom stereocenters. The van der Waals surface area contributed by atoms with Gasteiger partial charge >= 0.3 is 12.1 Å². The van der Waals surface area contributed by atoms with Gasteiger partial charge in [-0.2, -0.15) is 13.2 Å². The molecule has 0 unspecified atom stereocenters. The van der Waals surface area contributed by atoms with Crippen molar-refractivity contribution in [3.8, 4) is 0 Å². The van der Waals surface area contributed by atoms with Crippen LogP contribution in [0.1, 0.15) is 22.8 Å². The van der Waals surface area contributed by atoms with Crippen molar-refractivity contribution < 1.29 is 32.2 Å². The number of nitrogens with zero attached hydrogens (tertiary/aromatic N) is 1. The van der Waals surface area contributed by atoms with Crippen LogP contribution < -0.4 is 15.5 Å². The highest BCUT2D eigenvalue weighted by molar-refractivity contribution is 6.00. The van der Waals surface area contributed by atoms with E-state index in [0.29, 0.717) is 18.9 Å². The number of hydrogen-bond acceptors (Lipinski definition) is 6. The number of amides is 1. The molecular formula is C27H26F3N3O4. The van der Waals surface area contributed by atoms with Gasteiger partial charge in [-0.25, -0.2) is 4.79 Å². The summed E-state index contributed by atoms with van der Waals surface area (Å²) < 4.78 is 49.9. The largest absolute Gasteiger partial charge is 0.449 e. The normalized spacial score (nSPS) is 14.5. The lowest BCUT2D eigenvalue weighted by atomic mass is 10.1. The summed E-state index contributed by atoms with van der Waals surface area (Å²) in [6.07, 6.45) is -5.62. The molecule has 1 fully saturated rings. The fourth-order valence-electron chi connectivity index (χ4n) is 3.80. The smallest absolute Gasteiger partial charge is 0.416 e. The Balaban J connectivity index is 1.38. The lowest BCUT2D eigenvalue weighted by Crippen LogP contribution is -2.36. The molecule has 10 heteroatoms. The van der Waals surface area contributed by atoms with E-state index in [1.165, 1.54) is 31.2 Å². The van der Waals surface area contributed by atoms with Gasteiger partial charge in [-0.05, 0) is 61.5 Å². The minimum Gasteiger partial charge on any atom is -0.449 e. The van der Waals surface area contributed by atoms with Gasteiger partial charge in [0.2, 0.25) is 0 Å². The first-order valence-electron chi connectivity index (χ1n) is 11.7. The first-order valence-corrected chi connectivity index (χ1v) is 11.7. The molecule has 3 aromatic rings. The maximum atomic E-state index is 13.0. The molecule has 0 aromatic heterocycles. The highest BCUT2D eigenvalue weighted by Gasteiger charge is 2.30. The van der Waals surface area contributed by atoms with Gasteiger partial charge in [-0.15, -0.1) is 0 Å². The first-order chi connectivity index (χ1) is 17.7. The lowest BCUT2D eigenvalue weighted by molar-refractivity contribution is -0.137. The predicted octanol–water partition coefficient (Wildman–Crippen LogP) is 5.47. The number of alkyl halides is 3. The molecule has 1 aliphatic heterocycles. The van der Waals surface area contributed by atoms with E-state index in [4.69, 9.17) is 9.47 Å². The SMILES string of the molecule is C[C@@H](OC(=O)c1ccccc1Nc1cccc(C(F)(F)F)c1)C(=O)Nc1ccc(N2CCOCC2)cc1. The second kappa shape index (κ2) is 11.3. The van der Waals surface area contributed by atoms with E-state index in [9.17, 15) is 22.8 Å². The van der Waals surface area contributed by atoms with Gasteiger partial charge in [0.05, 0.1) is 30.0 Å². The molecule has 1 heterocycles. The summed E-state index contributed by atoms with van der Waals surface area (Å²) in [6.45, 7) is 4.36. The molecule has 0 radical (unpaired) electrons. The average molecular weight is 514 g/mol. The van der Waals surface area contributed by atoms with Gasteiger partial charge in [-0.1, -0.05) is 18.2 Å². The summed E-state index contributed by atoms with van der Waals surface area (Å²) in [5.41, 5.74) is 1.23. The number of nitrogens with one attached hydrogen (secondary N) is 2. The van der Waals surface area contributed by atoms with E-state index in [-0.39, 0.29) is 16.9 Å². The van der Waals surface area contributed by atoms with Gasteiger partial charge in [0.1, 0.15) is 0 Å². The molecule has 0 aliphatic carbocycles. The quantitative estimate of drug-likeness (QED) is 0.408. The van der Waals surface area contributed by atoms with Crippen LogP contribution in [0.2, 0.25) is 0 Å². The van der Waals surface area contributed by atoms with Crippen molar-refractivity contribution in [2.24, 2.45) is 0 Å². The molecule has 3 aromatic carbocycles. The fraction of sp³-hybridized carbons (Fsp3) is 0.259. The van der Waals surface area contributed by atoms with E-state index < -0.39 is 29.7 Å². The standard InChI is InChI=1S/C27H26F3N3O4/c1-18(25(34)32-20-9-11-22(12-10-20)33-13-15-36-16-14-33)37-26(35)23-7-2-3-8-24(23)31-21-6-4-5-19(17-21)27(28,29)30/h2-12,17-18,31H,13-16H2,1H3,(H,32,34)/t18-/m1/s1. The summed E-state index contributed by atoms with van der Waals surface area (Å²) >= 11 is 0. The molecule has 0 bridgehead atoms. The molecule has 1 aliphatic rings. The number of rotatable bonds is 7. The van der Waals surface area contributed by atoms with E-state index >= 15 is 0 Å². The summed E-state index contributed by atoms with van der Waals surface area (Å²) in [6, 6.07) is 18.2. The van der Waals surface area contributed by atoms with Crippen molar-refractivity contribution in [2.45, 2.75) is 19.2 Å². The number of esters is 1. The van der Waals surface area contributed by atoms with Gasteiger partial charge in [0.25, 0.3) is 5.91 Å². The number of hydrogen-bond donors (Lipinski definition) is 2. The summed E-state index contributed by atoms with van der Waals surface area (Å²) in [5, 5.41) is 5.55. The number of carbonyl (C=O) groups is 2. The zero-order chi connectivity index (χ0) is 26.4. The van der Waals surface area contributed by atoms with Crippen LogP contribution in [-0.2, 0) is 20.4 Å². The van der Waals surface area contributed by atoms with Crippen LogP contribution in [0.5, 0.6) is 0 Å². The Morgan fingerprint density at radius 2 is 1.65 bits per heavy atom. The molecule has 194 valence electrons. The van der Waals surface area contributed by atoms with E-state index in [2.05, 4.69) is 15.5 Å². The number of morpholine rings is 1. The molecule has 0 saturated carbocycles. The fourth-order valence-corrected chi connectivity index (χ4v) is 3.80. The molecule has 0 spiro atoms. The molecule has 37 heavy (non-hydrogen) atoms. The average Bonchev–Trinajstić information content (AvgIpc) is 2.89. The van der Waals surface area contributed by atoms with Crippen molar-refractivity contribution >= 4 is 34.6 Å². The van der Waals surface area contributed by atoms with Crippen LogP contribution in [0, 0.1) is 0 Å². The Kier molecular flexibility index (Phi) is 7.98. The van der Waals surface area contributed by atoms with Crippen molar-refractivity contribution in [3.63, 3.8) is 0 Å². The van der Waals surface area contributed by atoms with Gasteiger partial charge in [-0.3, -0.25) is 4.79 Å². The Bertz CT molecular complexity index is 1240. The van der Waals surface area contributed by atoms with Crippen molar-refractivity contribution in [1.29, 1.82) is 0 Å². The third-order valence-electron chi connectivity index (χ3n) is 5.78. The van der Waals surface area contributed by atoms with Crippen molar-refractivity contribution in [2.75, 3.05) is 41.8 Å². The number of para-hydroxylation sites is 1. The van der Waals surface area contributed by atoms with E-state index in [1.54, 1.807) is 24.3 Å². The third-order valence-corrected chi connectivity index (χ3v) is 5.78. The van der Waals surface area contributed by atoms with Crippen molar-refractivity contribution in [3.05, 3.63) is 83.9 Å². The molecule has 7 nitrogen and oxygen atoms in total. The van der Waals surface area contributed by atoms with Crippen LogP contribution in [0.4, 0.5) is 35.9 Å². The topological polar surface area (TPSA) is 79.9 Å². The van der Waals surface area contributed by atoms with Gasteiger partial charge in [0, 0.05) is 30.2 Å². The lowest BCUT2D eigenvalue weighted by Gasteiger charge is -2.28. The van der Waals surface area contributed by atoms with Crippen LogP contribution in [0.25, 0.3) is 0 Å². The monoisotopic (exact) mass is 513 g/mol. The van der Waals surface area contributed by atoms with Gasteiger partial charge in [0.15, 0.2) is 6.10 Å². The molecule has 2 N–H and O–H groups in total. The van der Waals surface area contributed by atoms with E-state index in [1.807, 2.05) is 12.1 Å². The van der Waals surface area contributed by atoms with Crippen LogP contribution in [0.3, 0.4) is 0 Å². The Labute approximate surface area is 212 Å². The molecule has 1 amide bonds. The second-order valence-electron chi connectivity index (χ2n) is 8.43. The Morgan fingerprint density at radius 1 is 0.946 bits per heavy atom. The van der Waals surface area contributed by atoms with Crippen LogP contribution in [-0.4, -0.2) is 44.3 Å². The Hall–Kier alpha value is -4.05. The number of anilines is 4. The summed E-state index contributed by atoms with van der Waals surface area (Å²) in [4.78, 5) is 27.7. The van der Waals surface area contributed by atoms with Crippen LogP contribution >= 0.6 is 0 Å². The molecular weight excluding hydrogens is 487 g/mol. The predicted molar refractivity (Wildman–Crippen MR) is 134 cm³/mol.